The first-order valence-corrected chi connectivity index (χ1v) is 17.8. The van der Waals surface area contributed by atoms with E-state index < -0.39 is 13.8 Å². The summed E-state index contributed by atoms with van der Waals surface area (Å²) in [6.07, 6.45) is 3.73. The Labute approximate surface area is 259 Å². The van der Waals surface area contributed by atoms with E-state index in [1.165, 1.54) is 0 Å². The molecule has 9 nitrogen and oxygen atoms in total. The third kappa shape index (κ3) is 7.68. The lowest BCUT2D eigenvalue weighted by molar-refractivity contribution is -0.0493. The van der Waals surface area contributed by atoms with Gasteiger partial charge < -0.3 is 29.7 Å². The van der Waals surface area contributed by atoms with Crippen LogP contribution in [0.15, 0.2) is 36.5 Å². The second kappa shape index (κ2) is 13.4. The van der Waals surface area contributed by atoms with Crippen molar-refractivity contribution in [1.82, 2.24) is 19.8 Å². The molecule has 12 heteroatoms. The van der Waals surface area contributed by atoms with Crippen LogP contribution in [0.4, 0.5) is 37.6 Å². The molecular formula is C32H44F2N7O2P. The molecule has 3 aromatic rings. The number of hydrogen-bond acceptors (Lipinski definition) is 9. The van der Waals surface area contributed by atoms with Crippen LogP contribution in [0.5, 0.6) is 5.75 Å². The zero-order chi connectivity index (χ0) is 31.6. The molecule has 44 heavy (non-hydrogen) atoms. The second-order valence-corrected chi connectivity index (χ2v) is 15.6. The van der Waals surface area contributed by atoms with Crippen LogP contribution in [0.1, 0.15) is 29.5 Å². The van der Waals surface area contributed by atoms with Gasteiger partial charge in [0.05, 0.1) is 11.4 Å². The van der Waals surface area contributed by atoms with Crippen LogP contribution in [0, 0.1) is 20.8 Å². The highest BCUT2D eigenvalue weighted by Crippen LogP contribution is 2.40. The first kappa shape index (κ1) is 32.1. The van der Waals surface area contributed by atoms with E-state index in [4.69, 9.17) is 4.74 Å². The fourth-order valence-corrected chi connectivity index (χ4v) is 7.26. The van der Waals surface area contributed by atoms with Crippen molar-refractivity contribution in [3.05, 3.63) is 53.2 Å². The highest BCUT2D eigenvalue weighted by atomic mass is 31.2. The van der Waals surface area contributed by atoms with Crippen LogP contribution < -0.4 is 25.6 Å². The summed E-state index contributed by atoms with van der Waals surface area (Å²) in [7, 11) is -0.408. The Morgan fingerprint density at radius 1 is 0.932 bits per heavy atom. The van der Waals surface area contributed by atoms with Crippen LogP contribution in [0.2, 0.25) is 0 Å². The van der Waals surface area contributed by atoms with E-state index in [-0.39, 0.29) is 11.7 Å². The van der Waals surface area contributed by atoms with Gasteiger partial charge in [-0.3, -0.25) is 4.90 Å². The normalized spacial score (nSPS) is 17.2. The highest BCUT2D eigenvalue weighted by Gasteiger charge is 2.28. The number of piperazine rings is 1. The third-order valence-corrected chi connectivity index (χ3v) is 10.1. The predicted molar refractivity (Wildman–Crippen MR) is 176 cm³/mol. The van der Waals surface area contributed by atoms with Crippen LogP contribution in [-0.4, -0.2) is 92.1 Å². The molecule has 0 radical (unpaired) electrons. The minimum atomic E-state index is -2.98. The van der Waals surface area contributed by atoms with Crippen molar-refractivity contribution in [3.63, 3.8) is 0 Å². The van der Waals surface area contributed by atoms with E-state index in [9.17, 15) is 13.3 Å². The predicted octanol–water partition coefficient (Wildman–Crippen LogP) is 5.95. The van der Waals surface area contributed by atoms with Gasteiger partial charge in [0.15, 0.2) is 5.75 Å². The van der Waals surface area contributed by atoms with Gasteiger partial charge in [0.2, 0.25) is 5.95 Å². The van der Waals surface area contributed by atoms with Gasteiger partial charge >= 0.3 is 6.61 Å². The average molecular weight is 628 g/mol. The molecule has 2 aromatic carbocycles. The Hall–Kier alpha value is -3.27. The smallest absolute Gasteiger partial charge is 0.387 e. The molecule has 238 valence electrons. The Morgan fingerprint density at radius 2 is 1.64 bits per heavy atom. The topological polar surface area (TPSA) is 85.9 Å². The van der Waals surface area contributed by atoms with Gasteiger partial charge in [-0.05, 0) is 77.8 Å². The molecule has 0 amide bonds. The SMILES string of the molecule is Cc1ccc(Nc2nc(Nc3cc(C)c(N4CCC(N5CCN(C)CC5)CC4)cc3OC(F)F)ncc2C)c(P(C)(C)=O)c1. The zero-order valence-corrected chi connectivity index (χ0v) is 27.4. The number of anilines is 5. The number of halogens is 2. The number of nitrogens with one attached hydrogen (secondary N) is 2. The standard InChI is InChI=1S/C32H44F2N7O2P/c1-21-7-8-25(29(17-21)44(5,6)42)36-30-23(3)20-35-32(38-30)37-26-18-22(2)27(19-28(26)43-31(33)34)41-11-9-24(10-12-41)40-15-13-39(4)14-16-40/h7-8,17-20,24,31H,9-16H2,1-6H3,(H2,35,36,37,38). The van der Waals surface area contributed by atoms with E-state index >= 15 is 0 Å². The second-order valence-electron chi connectivity index (χ2n) is 12.4. The number of piperidine rings is 1. The maximum atomic E-state index is 13.6. The van der Waals surface area contributed by atoms with Gasteiger partial charge in [0, 0.05) is 74.1 Å². The Kier molecular flexibility index (Phi) is 9.77. The number of benzene rings is 2. The van der Waals surface area contributed by atoms with Gasteiger partial charge in [-0.1, -0.05) is 11.6 Å². The molecule has 1 aromatic heterocycles. The number of hydrogen-bond donors (Lipinski definition) is 2. The van der Waals surface area contributed by atoms with Crippen molar-refractivity contribution in [3.8, 4) is 5.75 Å². The summed E-state index contributed by atoms with van der Waals surface area (Å²) in [5, 5.41) is 7.15. The molecule has 5 rings (SSSR count). The first-order valence-electron chi connectivity index (χ1n) is 15.2. The molecule has 0 saturated carbocycles. The van der Waals surface area contributed by atoms with E-state index in [0.717, 1.165) is 79.8 Å². The Bertz CT molecular complexity index is 1520. The third-order valence-electron chi connectivity index (χ3n) is 8.58. The van der Waals surface area contributed by atoms with E-state index in [1.807, 2.05) is 45.0 Å². The van der Waals surface area contributed by atoms with Gasteiger partial charge in [-0.25, -0.2) is 4.98 Å². The average Bonchev–Trinajstić information content (AvgIpc) is 2.97. The first-order chi connectivity index (χ1) is 20.9. The molecule has 0 bridgehead atoms. The molecule has 0 spiro atoms. The Morgan fingerprint density at radius 3 is 2.30 bits per heavy atom. The summed E-state index contributed by atoms with van der Waals surface area (Å²) in [6.45, 7) is 12.4. The number of likely N-dealkylation sites (N-methyl/N-ethyl adjacent to an activating group) is 1. The number of alkyl halides is 2. The van der Waals surface area contributed by atoms with Crippen LogP contribution >= 0.6 is 7.14 Å². The zero-order valence-electron chi connectivity index (χ0n) is 26.5. The fourth-order valence-electron chi connectivity index (χ4n) is 6.04. The number of ether oxygens (including phenoxy) is 1. The summed E-state index contributed by atoms with van der Waals surface area (Å²) in [5.41, 5.74) is 4.70. The molecular weight excluding hydrogens is 583 g/mol. The molecule has 0 atom stereocenters. The molecule has 2 aliphatic heterocycles. The molecule has 2 aliphatic rings. The van der Waals surface area contributed by atoms with Gasteiger partial charge in [-0.2, -0.15) is 13.8 Å². The largest absolute Gasteiger partial charge is 0.433 e. The molecule has 2 fully saturated rings. The summed E-state index contributed by atoms with van der Waals surface area (Å²) < 4.78 is 45.2. The maximum Gasteiger partial charge on any atom is 0.387 e. The summed E-state index contributed by atoms with van der Waals surface area (Å²) in [4.78, 5) is 16.3. The summed E-state index contributed by atoms with van der Waals surface area (Å²) >= 11 is 0. The number of aromatic nitrogens is 2. The van der Waals surface area contributed by atoms with E-state index in [0.29, 0.717) is 23.2 Å². The van der Waals surface area contributed by atoms with Crippen molar-refractivity contribution in [1.29, 1.82) is 0 Å². The molecule has 0 aliphatic carbocycles. The monoisotopic (exact) mass is 627 g/mol. The molecule has 3 heterocycles. The lowest BCUT2D eigenvalue weighted by Crippen LogP contribution is -2.52. The van der Waals surface area contributed by atoms with Crippen molar-refractivity contribution >= 4 is 41.3 Å². The minimum Gasteiger partial charge on any atom is -0.433 e. The highest BCUT2D eigenvalue weighted by molar-refractivity contribution is 7.70. The van der Waals surface area contributed by atoms with Crippen molar-refractivity contribution < 1.29 is 18.1 Å². The lowest BCUT2D eigenvalue weighted by atomic mass is 10.0. The van der Waals surface area contributed by atoms with Crippen LogP contribution in [0.25, 0.3) is 0 Å². The number of aryl methyl sites for hydroxylation is 3. The van der Waals surface area contributed by atoms with E-state index in [1.54, 1.807) is 25.6 Å². The Balaban J connectivity index is 1.35. The van der Waals surface area contributed by atoms with Crippen molar-refractivity contribution in [2.75, 3.05) is 75.2 Å². The van der Waals surface area contributed by atoms with Crippen molar-refractivity contribution in [2.45, 2.75) is 46.3 Å². The minimum absolute atomic E-state index is 0.0409. The summed E-state index contributed by atoms with van der Waals surface area (Å²) in [6, 6.07) is 9.83. The molecule has 2 N–H and O–H groups in total. The van der Waals surface area contributed by atoms with Gasteiger partial charge in [0.1, 0.15) is 13.0 Å². The van der Waals surface area contributed by atoms with Crippen LogP contribution in [-0.2, 0) is 4.57 Å². The summed E-state index contributed by atoms with van der Waals surface area (Å²) in [5.74, 6) is 0.787. The molecule has 2 saturated heterocycles. The van der Waals surface area contributed by atoms with Crippen molar-refractivity contribution in [2.24, 2.45) is 0 Å². The number of nitrogens with zero attached hydrogens (tertiary/aromatic N) is 5. The van der Waals surface area contributed by atoms with Gasteiger partial charge in [0.25, 0.3) is 0 Å². The maximum absolute atomic E-state index is 13.6. The fraction of sp³-hybridized carbons (Fsp3) is 0.500. The van der Waals surface area contributed by atoms with Gasteiger partial charge in [-0.15, -0.1) is 0 Å². The lowest BCUT2D eigenvalue weighted by Gasteiger charge is -2.43. The number of rotatable bonds is 9. The molecule has 0 unspecified atom stereocenters. The quantitative estimate of drug-likeness (QED) is 0.280. The van der Waals surface area contributed by atoms with Crippen LogP contribution in [0.3, 0.4) is 0 Å². The van der Waals surface area contributed by atoms with E-state index in [2.05, 4.69) is 42.3 Å².